The zero-order chi connectivity index (χ0) is 17.1. The van der Waals surface area contributed by atoms with Crippen molar-refractivity contribution in [2.45, 2.75) is 23.6 Å². The maximum atomic E-state index is 12.5. The predicted molar refractivity (Wildman–Crippen MR) is 96.7 cm³/mol. The SMILES string of the molecule is Cc1n[nH]c(C)c1Sc1ccccc1NC(=O)N1CCN(C)CC1. The van der Waals surface area contributed by atoms with Gasteiger partial charge in [-0.2, -0.15) is 5.10 Å². The molecule has 2 aromatic rings. The number of urea groups is 1. The van der Waals surface area contributed by atoms with Gasteiger partial charge in [-0.25, -0.2) is 4.79 Å². The molecule has 7 heteroatoms. The number of carbonyl (C=O) groups excluding carboxylic acids is 1. The van der Waals surface area contributed by atoms with Gasteiger partial charge in [0.2, 0.25) is 0 Å². The van der Waals surface area contributed by atoms with Gasteiger partial charge in [0, 0.05) is 36.8 Å². The van der Waals surface area contributed by atoms with Gasteiger partial charge < -0.3 is 15.1 Å². The van der Waals surface area contributed by atoms with Gasteiger partial charge in [0.15, 0.2) is 0 Å². The van der Waals surface area contributed by atoms with E-state index in [-0.39, 0.29) is 6.03 Å². The molecule has 2 amide bonds. The standard InChI is InChI=1S/C17H23N5OS/c1-12-16(13(2)20-19-12)24-15-7-5-4-6-14(15)18-17(23)22-10-8-21(3)9-11-22/h4-7H,8-11H2,1-3H3,(H,18,23)(H,19,20). The van der Waals surface area contributed by atoms with Crippen LogP contribution < -0.4 is 5.32 Å². The minimum Gasteiger partial charge on any atom is -0.322 e. The molecule has 0 radical (unpaired) electrons. The van der Waals surface area contributed by atoms with Crippen LogP contribution in [0.25, 0.3) is 0 Å². The van der Waals surface area contributed by atoms with Crippen LogP contribution in [0.4, 0.5) is 10.5 Å². The molecule has 24 heavy (non-hydrogen) atoms. The second-order valence-electron chi connectivity index (χ2n) is 6.08. The van der Waals surface area contributed by atoms with Gasteiger partial charge in [-0.1, -0.05) is 23.9 Å². The molecule has 0 saturated carbocycles. The molecular formula is C17H23N5OS. The van der Waals surface area contributed by atoms with Crippen molar-refractivity contribution in [1.29, 1.82) is 0 Å². The predicted octanol–water partition coefficient (Wildman–Crippen LogP) is 2.96. The Labute approximate surface area is 146 Å². The average molecular weight is 345 g/mol. The van der Waals surface area contributed by atoms with E-state index >= 15 is 0 Å². The number of rotatable bonds is 3. The monoisotopic (exact) mass is 345 g/mol. The fourth-order valence-electron chi connectivity index (χ4n) is 2.66. The van der Waals surface area contributed by atoms with Crippen molar-refractivity contribution in [2.75, 3.05) is 38.5 Å². The van der Waals surface area contributed by atoms with Crippen LogP contribution in [0.15, 0.2) is 34.1 Å². The summed E-state index contributed by atoms with van der Waals surface area (Å²) in [7, 11) is 2.08. The van der Waals surface area contributed by atoms with Crippen molar-refractivity contribution in [2.24, 2.45) is 0 Å². The summed E-state index contributed by atoms with van der Waals surface area (Å²) in [6, 6.07) is 7.87. The molecular weight excluding hydrogens is 322 g/mol. The smallest absolute Gasteiger partial charge is 0.321 e. The molecule has 1 aliphatic heterocycles. The molecule has 128 valence electrons. The summed E-state index contributed by atoms with van der Waals surface area (Å²) in [5.41, 5.74) is 2.85. The number of nitrogens with one attached hydrogen (secondary N) is 2. The lowest BCUT2D eigenvalue weighted by Crippen LogP contribution is -2.48. The first kappa shape index (κ1) is 16.9. The topological polar surface area (TPSA) is 64.3 Å². The molecule has 0 unspecified atom stereocenters. The number of aromatic amines is 1. The Morgan fingerprint density at radius 3 is 2.58 bits per heavy atom. The van der Waals surface area contributed by atoms with Crippen molar-refractivity contribution in [3.63, 3.8) is 0 Å². The van der Waals surface area contributed by atoms with E-state index in [1.165, 1.54) is 0 Å². The number of piperazine rings is 1. The zero-order valence-corrected chi connectivity index (χ0v) is 15.1. The number of likely N-dealkylation sites (N-methyl/N-ethyl adjacent to an activating group) is 1. The first-order valence-corrected chi connectivity index (χ1v) is 8.89. The molecule has 0 bridgehead atoms. The molecule has 0 aliphatic carbocycles. The van der Waals surface area contributed by atoms with Gasteiger partial charge in [-0.15, -0.1) is 0 Å². The van der Waals surface area contributed by atoms with Crippen molar-refractivity contribution in [1.82, 2.24) is 20.0 Å². The molecule has 1 aromatic carbocycles. The van der Waals surface area contributed by atoms with E-state index in [9.17, 15) is 4.79 Å². The Morgan fingerprint density at radius 2 is 1.92 bits per heavy atom. The minimum atomic E-state index is -0.0308. The summed E-state index contributed by atoms with van der Waals surface area (Å²) in [5.74, 6) is 0. The number of anilines is 1. The van der Waals surface area contributed by atoms with Crippen molar-refractivity contribution < 1.29 is 4.79 Å². The Kier molecular flexibility index (Phi) is 5.11. The highest BCUT2D eigenvalue weighted by Gasteiger charge is 2.20. The zero-order valence-electron chi connectivity index (χ0n) is 14.3. The van der Waals surface area contributed by atoms with E-state index in [4.69, 9.17) is 0 Å². The largest absolute Gasteiger partial charge is 0.322 e. The van der Waals surface area contributed by atoms with Crippen LogP contribution in [-0.4, -0.2) is 59.3 Å². The van der Waals surface area contributed by atoms with Crippen LogP contribution in [0.5, 0.6) is 0 Å². The van der Waals surface area contributed by atoms with Crippen molar-refractivity contribution in [3.8, 4) is 0 Å². The molecule has 1 saturated heterocycles. The van der Waals surface area contributed by atoms with Gasteiger partial charge in [0.1, 0.15) is 0 Å². The quantitative estimate of drug-likeness (QED) is 0.898. The summed E-state index contributed by atoms with van der Waals surface area (Å²) in [4.78, 5) is 18.8. The fraction of sp³-hybridized carbons (Fsp3) is 0.412. The van der Waals surface area contributed by atoms with Crippen LogP contribution in [0.3, 0.4) is 0 Å². The van der Waals surface area contributed by atoms with Crippen LogP contribution in [-0.2, 0) is 0 Å². The Balaban J connectivity index is 1.73. The van der Waals surface area contributed by atoms with Crippen LogP contribution in [0.2, 0.25) is 0 Å². The second-order valence-corrected chi connectivity index (χ2v) is 7.13. The van der Waals surface area contributed by atoms with Crippen LogP contribution in [0, 0.1) is 13.8 Å². The van der Waals surface area contributed by atoms with E-state index < -0.39 is 0 Å². The first-order valence-electron chi connectivity index (χ1n) is 8.07. The fourth-order valence-corrected chi connectivity index (χ4v) is 3.65. The Bertz CT molecular complexity index is 702. The third-order valence-electron chi connectivity index (χ3n) is 4.19. The Hall–Kier alpha value is -1.99. The summed E-state index contributed by atoms with van der Waals surface area (Å²) in [6.07, 6.45) is 0. The summed E-state index contributed by atoms with van der Waals surface area (Å²) >= 11 is 1.63. The van der Waals surface area contributed by atoms with Gasteiger partial charge in [-0.3, -0.25) is 5.10 Å². The lowest BCUT2D eigenvalue weighted by molar-refractivity contribution is 0.164. The first-order chi connectivity index (χ1) is 11.5. The molecule has 1 aromatic heterocycles. The highest BCUT2D eigenvalue weighted by atomic mass is 32.2. The highest BCUT2D eigenvalue weighted by Crippen LogP contribution is 2.36. The molecule has 1 aliphatic rings. The normalized spacial score (nSPS) is 15.5. The molecule has 2 heterocycles. The minimum absolute atomic E-state index is 0.0308. The number of amides is 2. The lowest BCUT2D eigenvalue weighted by Gasteiger charge is -2.32. The molecule has 0 spiro atoms. The number of nitrogens with zero attached hydrogens (tertiary/aromatic N) is 3. The van der Waals surface area contributed by atoms with E-state index in [0.717, 1.165) is 53.0 Å². The number of hydrogen-bond acceptors (Lipinski definition) is 4. The maximum absolute atomic E-state index is 12.5. The number of aromatic nitrogens is 2. The van der Waals surface area contributed by atoms with Gasteiger partial charge in [0.05, 0.1) is 16.3 Å². The molecule has 0 atom stereocenters. The molecule has 3 rings (SSSR count). The number of carbonyl (C=O) groups is 1. The summed E-state index contributed by atoms with van der Waals surface area (Å²) in [5, 5.41) is 10.3. The van der Waals surface area contributed by atoms with E-state index in [1.54, 1.807) is 11.8 Å². The van der Waals surface area contributed by atoms with E-state index in [0.29, 0.717) is 0 Å². The maximum Gasteiger partial charge on any atom is 0.321 e. The van der Waals surface area contributed by atoms with Crippen molar-refractivity contribution in [3.05, 3.63) is 35.7 Å². The molecule has 2 N–H and O–H groups in total. The summed E-state index contributed by atoms with van der Waals surface area (Å²) < 4.78 is 0. The third-order valence-corrected chi connectivity index (χ3v) is 5.57. The van der Waals surface area contributed by atoms with Gasteiger partial charge >= 0.3 is 6.03 Å². The highest BCUT2D eigenvalue weighted by molar-refractivity contribution is 7.99. The van der Waals surface area contributed by atoms with Gasteiger partial charge in [-0.05, 0) is 33.0 Å². The lowest BCUT2D eigenvalue weighted by atomic mass is 10.3. The van der Waals surface area contributed by atoms with Crippen LogP contribution >= 0.6 is 11.8 Å². The number of hydrogen-bond donors (Lipinski definition) is 2. The molecule has 6 nitrogen and oxygen atoms in total. The van der Waals surface area contributed by atoms with Crippen molar-refractivity contribution >= 4 is 23.5 Å². The molecule has 1 fully saturated rings. The average Bonchev–Trinajstić information content (AvgIpc) is 2.89. The second kappa shape index (κ2) is 7.27. The number of aryl methyl sites for hydroxylation is 2. The number of H-pyrrole nitrogens is 1. The number of benzene rings is 1. The Morgan fingerprint density at radius 1 is 1.21 bits per heavy atom. The van der Waals surface area contributed by atoms with Crippen LogP contribution in [0.1, 0.15) is 11.4 Å². The van der Waals surface area contributed by atoms with E-state index in [1.807, 2.05) is 43.0 Å². The van der Waals surface area contributed by atoms with E-state index in [2.05, 4.69) is 27.5 Å². The number of para-hydroxylation sites is 1. The summed E-state index contributed by atoms with van der Waals surface area (Å²) in [6.45, 7) is 7.34. The third kappa shape index (κ3) is 3.73. The van der Waals surface area contributed by atoms with Gasteiger partial charge in [0.25, 0.3) is 0 Å².